The fourth-order valence-corrected chi connectivity index (χ4v) is 2.38. The Kier molecular flexibility index (Phi) is 3.03. The van der Waals surface area contributed by atoms with Crippen molar-refractivity contribution < 1.29 is 0 Å². The highest BCUT2D eigenvalue weighted by atomic mass is 35.5. The minimum absolute atomic E-state index is 0.576. The van der Waals surface area contributed by atoms with Gasteiger partial charge in [-0.15, -0.1) is 0 Å². The van der Waals surface area contributed by atoms with Crippen LogP contribution in [0.15, 0.2) is 30.5 Å². The molecule has 4 nitrogen and oxygen atoms in total. The number of nitrogens with one attached hydrogen (secondary N) is 1. The van der Waals surface area contributed by atoms with Gasteiger partial charge >= 0.3 is 0 Å². The Hall–Kier alpha value is -1.43. The predicted octanol–water partition coefficient (Wildman–Crippen LogP) is 4.14. The molecule has 3 aromatic rings. The van der Waals surface area contributed by atoms with E-state index in [1.165, 1.54) is 0 Å². The highest BCUT2D eigenvalue weighted by molar-refractivity contribution is 7.00. The van der Waals surface area contributed by atoms with Crippen LogP contribution in [-0.2, 0) is 0 Å². The molecular weight excluding hydrogens is 291 g/mol. The van der Waals surface area contributed by atoms with Gasteiger partial charge in [-0.3, -0.25) is 0 Å². The molecule has 0 radical (unpaired) electrons. The van der Waals surface area contributed by atoms with Gasteiger partial charge in [-0.05, 0) is 24.3 Å². The van der Waals surface area contributed by atoms with Crippen LogP contribution in [0.25, 0.3) is 11.0 Å². The van der Waals surface area contributed by atoms with Crippen molar-refractivity contribution in [2.75, 3.05) is 5.32 Å². The zero-order chi connectivity index (χ0) is 12.5. The second-order valence-corrected chi connectivity index (χ2v) is 4.91. The van der Waals surface area contributed by atoms with Gasteiger partial charge in [0.1, 0.15) is 16.9 Å². The Morgan fingerprint density at radius 2 is 1.94 bits per heavy atom. The molecule has 0 bridgehead atoms. The van der Waals surface area contributed by atoms with Crippen LogP contribution in [0.5, 0.6) is 0 Å². The molecule has 90 valence electrons. The first-order valence-electron chi connectivity index (χ1n) is 5.03. The van der Waals surface area contributed by atoms with E-state index >= 15 is 0 Å². The van der Waals surface area contributed by atoms with E-state index in [2.05, 4.69) is 19.0 Å². The lowest BCUT2D eigenvalue weighted by atomic mass is 10.2. The largest absolute Gasteiger partial charge is 0.337 e. The first-order chi connectivity index (χ1) is 8.74. The van der Waals surface area contributed by atoms with Crippen LogP contribution in [0.4, 0.5) is 11.5 Å². The van der Waals surface area contributed by atoms with Crippen molar-refractivity contribution in [1.82, 2.24) is 13.7 Å². The molecule has 0 unspecified atom stereocenters. The van der Waals surface area contributed by atoms with Crippen molar-refractivity contribution in [1.29, 1.82) is 0 Å². The molecule has 0 spiro atoms. The molecule has 0 aliphatic rings. The number of halogens is 2. The number of benzene rings is 1. The van der Waals surface area contributed by atoms with E-state index in [1.807, 2.05) is 6.07 Å². The lowest BCUT2D eigenvalue weighted by Gasteiger charge is -2.07. The average molecular weight is 297 g/mol. The molecule has 0 aliphatic heterocycles. The van der Waals surface area contributed by atoms with E-state index in [9.17, 15) is 0 Å². The minimum atomic E-state index is 0.576. The monoisotopic (exact) mass is 296 g/mol. The number of fused-ring (bicyclic) bond motifs is 1. The summed E-state index contributed by atoms with van der Waals surface area (Å²) in [5.74, 6) is 0.654. The van der Waals surface area contributed by atoms with Gasteiger partial charge < -0.3 is 5.32 Å². The Morgan fingerprint density at radius 1 is 1.06 bits per heavy atom. The molecule has 18 heavy (non-hydrogen) atoms. The Bertz CT molecular complexity index is 696. The second kappa shape index (κ2) is 4.68. The van der Waals surface area contributed by atoms with Crippen LogP contribution in [0.1, 0.15) is 0 Å². The number of aromatic nitrogens is 3. The third-order valence-electron chi connectivity index (χ3n) is 2.36. The molecule has 0 atom stereocenters. The molecule has 0 amide bonds. The van der Waals surface area contributed by atoms with Crippen LogP contribution < -0.4 is 5.32 Å². The Morgan fingerprint density at radius 3 is 2.72 bits per heavy atom. The van der Waals surface area contributed by atoms with E-state index in [-0.39, 0.29) is 0 Å². The number of nitrogens with zero attached hydrogens (tertiary/aromatic N) is 3. The molecule has 0 saturated carbocycles. The maximum Gasteiger partial charge on any atom is 0.130 e. The summed E-state index contributed by atoms with van der Waals surface area (Å²) in [5, 5.41) is 4.29. The quantitative estimate of drug-likeness (QED) is 0.772. The predicted molar refractivity (Wildman–Crippen MR) is 75.0 cm³/mol. The molecule has 2 aromatic heterocycles. The van der Waals surface area contributed by atoms with E-state index < -0.39 is 0 Å². The van der Waals surface area contributed by atoms with Crippen LogP contribution in [0, 0.1) is 0 Å². The molecule has 2 heterocycles. The average Bonchev–Trinajstić information content (AvgIpc) is 2.84. The van der Waals surface area contributed by atoms with Gasteiger partial charge in [-0.25, -0.2) is 4.98 Å². The summed E-state index contributed by atoms with van der Waals surface area (Å²) in [7, 11) is 0. The number of hydrogen-bond donors (Lipinski definition) is 1. The van der Waals surface area contributed by atoms with Gasteiger partial charge in [0.05, 0.1) is 27.5 Å². The highest BCUT2D eigenvalue weighted by Crippen LogP contribution is 2.31. The van der Waals surface area contributed by atoms with E-state index in [1.54, 1.807) is 24.4 Å². The van der Waals surface area contributed by atoms with Crippen molar-refractivity contribution in [3.05, 3.63) is 40.5 Å². The third kappa shape index (κ3) is 2.12. The summed E-state index contributed by atoms with van der Waals surface area (Å²) >= 11 is 13.1. The molecule has 1 aromatic carbocycles. The lowest BCUT2D eigenvalue weighted by Crippen LogP contribution is -1.94. The molecule has 0 fully saturated rings. The molecule has 0 aliphatic carbocycles. The first kappa shape index (κ1) is 11.6. The van der Waals surface area contributed by atoms with Crippen molar-refractivity contribution in [2.24, 2.45) is 0 Å². The zero-order valence-electron chi connectivity index (χ0n) is 8.89. The maximum atomic E-state index is 6.16. The van der Waals surface area contributed by atoms with Gasteiger partial charge in [-0.1, -0.05) is 23.2 Å². The summed E-state index contributed by atoms with van der Waals surface area (Å²) in [6.07, 6.45) is 1.57. The molecule has 0 saturated heterocycles. The van der Waals surface area contributed by atoms with Crippen LogP contribution >= 0.6 is 34.9 Å². The summed E-state index contributed by atoms with van der Waals surface area (Å²) in [6.45, 7) is 0. The zero-order valence-corrected chi connectivity index (χ0v) is 11.2. The molecular formula is C11H6Cl2N4S. The Labute approximate surface area is 117 Å². The lowest BCUT2D eigenvalue weighted by molar-refractivity contribution is 1.31. The summed E-state index contributed by atoms with van der Waals surface area (Å²) in [4.78, 5) is 4.16. The summed E-state index contributed by atoms with van der Waals surface area (Å²) in [5.41, 5.74) is 2.25. The van der Waals surface area contributed by atoms with Crippen molar-refractivity contribution in [3.8, 4) is 0 Å². The van der Waals surface area contributed by atoms with Crippen LogP contribution in [0.2, 0.25) is 10.0 Å². The van der Waals surface area contributed by atoms with E-state index in [4.69, 9.17) is 23.2 Å². The third-order valence-corrected chi connectivity index (χ3v) is 3.44. The SMILES string of the molecule is Clc1ccc(Nc2c(Cl)ccc3nsnc23)nc1. The molecule has 7 heteroatoms. The smallest absolute Gasteiger partial charge is 0.130 e. The Balaban J connectivity index is 2.06. The van der Waals surface area contributed by atoms with Crippen LogP contribution in [-0.4, -0.2) is 13.7 Å². The number of anilines is 2. The second-order valence-electron chi connectivity index (χ2n) is 3.54. The highest BCUT2D eigenvalue weighted by Gasteiger charge is 2.10. The fraction of sp³-hybridized carbons (Fsp3) is 0. The van der Waals surface area contributed by atoms with E-state index in [0.29, 0.717) is 21.6 Å². The van der Waals surface area contributed by atoms with E-state index in [0.717, 1.165) is 22.8 Å². The summed E-state index contributed by atoms with van der Waals surface area (Å²) < 4.78 is 8.39. The van der Waals surface area contributed by atoms with Crippen molar-refractivity contribution in [3.63, 3.8) is 0 Å². The van der Waals surface area contributed by atoms with Gasteiger partial charge in [0.2, 0.25) is 0 Å². The number of rotatable bonds is 2. The van der Waals surface area contributed by atoms with Gasteiger partial charge in [0, 0.05) is 6.20 Å². The normalized spacial score (nSPS) is 10.8. The minimum Gasteiger partial charge on any atom is -0.337 e. The van der Waals surface area contributed by atoms with Crippen molar-refractivity contribution in [2.45, 2.75) is 0 Å². The summed E-state index contributed by atoms with van der Waals surface area (Å²) in [6, 6.07) is 7.15. The number of pyridine rings is 1. The number of hydrogen-bond acceptors (Lipinski definition) is 5. The van der Waals surface area contributed by atoms with Gasteiger partial charge in [0.25, 0.3) is 0 Å². The molecule has 1 N–H and O–H groups in total. The van der Waals surface area contributed by atoms with Crippen LogP contribution in [0.3, 0.4) is 0 Å². The maximum absolute atomic E-state index is 6.16. The topological polar surface area (TPSA) is 50.7 Å². The molecule has 3 rings (SSSR count). The van der Waals surface area contributed by atoms with Crippen molar-refractivity contribution >= 4 is 57.5 Å². The van der Waals surface area contributed by atoms with Gasteiger partial charge in [-0.2, -0.15) is 8.75 Å². The fourth-order valence-electron chi connectivity index (χ4n) is 1.52. The van der Waals surface area contributed by atoms with Gasteiger partial charge in [0.15, 0.2) is 0 Å². The standard InChI is InChI=1S/C11H6Cl2N4S/c12-6-1-4-9(14-5-6)15-10-7(13)2-3-8-11(10)17-18-16-8/h1-5H,(H,14,15). The first-order valence-corrected chi connectivity index (χ1v) is 6.52.